The van der Waals surface area contributed by atoms with Crippen molar-refractivity contribution in [1.82, 2.24) is 11.0 Å². The van der Waals surface area contributed by atoms with Crippen LogP contribution in [0.5, 0.6) is 0 Å². The molecule has 0 unspecified atom stereocenters. The molecule has 0 amide bonds. The van der Waals surface area contributed by atoms with Gasteiger partial charge in [0.1, 0.15) is 6.04 Å². The molecule has 0 spiro atoms. The Kier molecular flexibility index (Phi) is 6.13. The highest BCUT2D eigenvalue weighted by Gasteiger charge is 2.20. The Morgan fingerprint density at radius 3 is 2.77 bits per heavy atom. The first-order valence-electron chi connectivity index (χ1n) is 4.00. The van der Waals surface area contributed by atoms with Gasteiger partial charge in [-0.25, -0.2) is 0 Å². The first-order chi connectivity index (χ1) is 6.09. The van der Waals surface area contributed by atoms with Gasteiger partial charge < -0.3 is 5.11 Å². The van der Waals surface area contributed by atoms with Gasteiger partial charge in [-0.1, -0.05) is 19.9 Å². The number of hydrogen-bond donors (Lipinski definition) is 2. The summed E-state index contributed by atoms with van der Waals surface area (Å²) in [4.78, 5) is 15.3. The van der Waals surface area contributed by atoms with E-state index in [1.54, 1.807) is 13.8 Å². The maximum atomic E-state index is 10.6. The minimum absolute atomic E-state index is 0.0476. The molecule has 0 bridgehead atoms. The molecule has 2 N–H and O–H groups in total. The van der Waals surface area contributed by atoms with E-state index in [9.17, 15) is 4.79 Å². The third-order valence-electron chi connectivity index (χ3n) is 1.38. The molecule has 0 fully saturated rings. The molecule has 13 heavy (non-hydrogen) atoms. The Labute approximate surface area is 77.7 Å². The summed E-state index contributed by atoms with van der Waals surface area (Å²) in [6.07, 6.45) is 1.52. The minimum atomic E-state index is -0.944. The fourth-order valence-electron chi connectivity index (χ4n) is 0.673. The molecule has 0 saturated carbocycles. The van der Waals surface area contributed by atoms with Gasteiger partial charge in [-0.2, -0.15) is 5.43 Å². The second-order valence-corrected chi connectivity index (χ2v) is 2.86. The number of carboxylic acid groups (broad SMARTS) is 1. The van der Waals surface area contributed by atoms with Crippen LogP contribution in [-0.2, 0) is 9.63 Å². The zero-order valence-electron chi connectivity index (χ0n) is 7.86. The molecule has 0 aliphatic rings. The van der Waals surface area contributed by atoms with E-state index in [1.165, 1.54) is 6.08 Å². The lowest BCUT2D eigenvalue weighted by Crippen LogP contribution is -2.44. The van der Waals surface area contributed by atoms with E-state index < -0.39 is 12.0 Å². The van der Waals surface area contributed by atoms with Gasteiger partial charge in [0.25, 0.3) is 0 Å². The molecule has 0 aliphatic carbocycles. The van der Waals surface area contributed by atoms with Gasteiger partial charge in [0.05, 0.1) is 6.61 Å². The van der Waals surface area contributed by atoms with Crippen molar-refractivity contribution >= 4 is 5.97 Å². The van der Waals surface area contributed by atoms with E-state index in [4.69, 9.17) is 5.11 Å². The Balaban J connectivity index is 3.70. The van der Waals surface area contributed by atoms with Crippen LogP contribution in [0.3, 0.4) is 0 Å². The summed E-state index contributed by atoms with van der Waals surface area (Å²) in [6, 6.07) is -0.718. The van der Waals surface area contributed by atoms with Gasteiger partial charge >= 0.3 is 5.97 Å². The monoisotopic (exact) mass is 187 g/mol. The molecular weight excluding hydrogens is 172 g/mol. The normalized spacial score (nSPS) is 12.8. The Morgan fingerprint density at radius 1 is 1.77 bits per heavy atom. The summed E-state index contributed by atoms with van der Waals surface area (Å²) in [5, 5.41) is 8.70. The highest BCUT2D eigenvalue weighted by atomic mass is 16.7. The van der Waals surface area contributed by atoms with Crippen LogP contribution < -0.4 is 11.0 Å². The van der Waals surface area contributed by atoms with E-state index in [1.807, 2.05) is 0 Å². The number of nitrogens with one attached hydrogen (secondary N) is 1. The van der Waals surface area contributed by atoms with Gasteiger partial charge in [-0.05, 0) is 11.5 Å². The van der Waals surface area contributed by atoms with Crippen molar-refractivity contribution in [3.63, 3.8) is 0 Å². The van der Waals surface area contributed by atoms with Gasteiger partial charge in [-0.3, -0.25) is 9.63 Å². The summed E-state index contributed by atoms with van der Waals surface area (Å²) in [7, 11) is 0. The van der Waals surface area contributed by atoms with Crippen LogP contribution in [0.15, 0.2) is 12.7 Å². The molecule has 0 aromatic carbocycles. The lowest BCUT2D eigenvalue weighted by Gasteiger charge is -2.15. The SMILES string of the molecule is C=CCO[N]N[C@H](C(=O)O)C(C)C. The molecule has 0 aliphatic heterocycles. The molecule has 5 nitrogen and oxygen atoms in total. The maximum Gasteiger partial charge on any atom is 0.322 e. The van der Waals surface area contributed by atoms with E-state index in [0.717, 1.165) is 0 Å². The molecule has 0 saturated heterocycles. The zero-order chi connectivity index (χ0) is 10.3. The molecule has 1 atom stereocenters. The van der Waals surface area contributed by atoms with Gasteiger partial charge in [0.2, 0.25) is 0 Å². The quantitative estimate of drug-likeness (QED) is 0.342. The van der Waals surface area contributed by atoms with Crippen molar-refractivity contribution in [1.29, 1.82) is 0 Å². The molecular formula is C8H15N2O3. The molecule has 0 aromatic rings. The molecule has 0 rings (SSSR count). The number of rotatable bonds is 7. The van der Waals surface area contributed by atoms with Crippen molar-refractivity contribution in [3.8, 4) is 0 Å². The van der Waals surface area contributed by atoms with Crippen LogP contribution in [0.4, 0.5) is 0 Å². The predicted molar refractivity (Wildman–Crippen MR) is 47.7 cm³/mol. The standard InChI is InChI=1S/C8H15N2O3/c1-4-5-13-10-9-7(6(2)3)8(11)12/h4,6-7,9H,1,5H2,2-3H3,(H,11,12)/t7-/m0/s1. The topological polar surface area (TPSA) is 72.7 Å². The van der Waals surface area contributed by atoms with Crippen LogP contribution in [0, 0.1) is 5.92 Å². The Bertz CT molecular complexity index is 171. The molecule has 0 aromatic heterocycles. The average molecular weight is 187 g/mol. The van der Waals surface area contributed by atoms with Crippen LogP contribution >= 0.6 is 0 Å². The Morgan fingerprint density at radius 2 is 2.38 bits per heavy atom. The van der Waals surface area contributed by atoms with Crippen molar-refractivity contribution in [2.45, 2.75) is 19.9 Å². The lowest BCUT2D eigenvalue weighted by molar-refractivity contribution is -0.143. The van der Waals surface area contributed by atoms with Gasteiger partial charge in [0, 0.05) is 0 Å². The Hall–Kier alpha value is -0.910. The van der Waals surface area contributed by atoms with Crippen molar-refractivity contribution in [2.24, 2.45) is 5.92 Å². The third kappa shape index (κ3) is 5.35. The van der Waals surface area contributed by atoms with E-state index in [-0.39, 0.29) is 12.5 Å². The summed E-state index contributed by atoms with van der Waals surface area (Å²) in [6.45, 7) is 7.25. The fraction of sp³-hybridized carbons (Fsp3) is 0.625. The van der Waals surface area contributed by atoms with Crippen molar-refractivity contribution in [3.05, 3.63) is 12.7 Å². The second-order valence-electron chi connectivity index (χ2n) is 2.86. The molecule has 5 heteroatoms. The number of nitrogens with zero attached hydrogens (tertiary/aromatic N) is 1. The highest BCUT2D eigenvalue weighted by Crippen LogP contribution is 2.00. The fourth-order valence-corrected chi connectivity index (χ4v) is 0.673. The largest absolute Gasteiger partial charge is 0.480 e. The maximum absolute atomic E-state index is 10.6. The van der Waals surface area contributed by atoms with Crippen LogP contribution in [0.1, 0.15) is 13.8 Å². The summed E-state index contributed by atoms with van der Waals surface area (Å²) >= 11 is 0. The first kappa shape index (κ1) is 12.1. The molecule has 1 radical (unpaired) electrons. The lowest BCUT2D eigenvalue weighted by atomic mass is 10.1. The van der Waals surface area contributed by atoms with Crippen LogP contribution in [0.2, 0.25) is 0 Å². The summed E-state index contributed by atoms with van der Waals surface area (Å²) < 4.78 is 0. The zero-order valence-corrected chi connectivity index (χ0v) is 7.86. The van der Waals surface area contributed by atoms with Crippen LogP contribution in [-0.4, -0.2) is 23.7 Å². The van der Waals surface area contributed by atoms with Crippen molar-refractivity contribution in [2.75, 3.05) is 6.61 Å². The van der Waals surface area contributed by atoms with Crippen LogP contribution in [0.25, 0.3) is 0 Å². The third-order valence-corrected chi connectivity index (χ3v) is 1.38. The molecule has 0 heterocycles. The van der Waals surface area contributed by atoms with E-state index in [0.29, 0.717) is 0 Å². The predicted octanol–water partition coefficient (Wildman–Crippen LogP) is 0.322. The van der Waals surface area contributed by atoms with Gasteiger partial charge in [0.15, 0.2) is 0 Å². The summed E-state index contributed by atoms with van der Waals surface area (Å²) in [5.74, 6) is -0.991. The average Bonchev–Trinajstić information content (AvgIpc) is 2.02. The number of carbonyl (C=O) groups is 1. The second kappa shape index (κ2) is 6.59. The summed E-state index contributed by atoms with van der Waals surface area (Å²) in [5.41, 5.74) is 5.81. The smallest absolute Gasteiger partial charge is 0.322 e. The van der Waals surface area contributed by atoms with Crippen molar-refractivity contribution < 1.29 is 14.7 Å². The van der Waals surface area contributed by atoms with Gasteiger partial charge in [-0.15, -0.1) is 6.58 Å². The number of carboxylic acids is 1. The van der Waals surface area contributed by atoms with E-state index in [2.05, 4.69) is 22.4 Å². The first-order valence-corrected chi connectivity index (χ1v) is 4.00. The number of hydrogen-bond acceptors (Lipinski definition) is 3. The minimum Gasteiger partial charge on any atom is -0.480 e. The highest BCUT2D eigenvalue weighted by molar-refractivity contribution is 5.73. The van der Waals surface area contributed by atoms with E-state index >= 15 is 0 Å². The number of aliphatic carboxylic acids is 1. The molecule has 75 valence electrons.